The van der Waals surface area contributed by atoms with Crippen LogP contribution in [0.15, 0.2) is 73.1 Å². The third-order valence-corrected chi connectivity index (χ3v) is 6.94. The van der Waals surface area contributed by atoms with Gasteiger partial charge in [0.15, 0.2) is 5.65 Å². The number of hydrogen-bond acceptors (Lipinski definition) is 5. The normalized spacial score (nSPS) is 11.3. The predicted molar refractivity (Wildman–Crippen MR) is 154 cm³/mol. The lowest BCUT2D eigenvalue weighted by Gasteiger charge is -2.18. The summed E-state index contributed by atoms with van der Waals surface area (Å²) >= 11 is 6.14. The van der Waals surface area contributed by atoms with E-state index in [9.17, 15) is 19.2 Å². The van der Waals surface area contributed by atoms with Crippen LogP contribution in [0.4, 0.5) is 4.39 Å². The Labute approximate surface area is 245 Å². The van der Waals surface area contributed by atoms with Crippen LogP contribution in [0.25, 0.3) is 5.65 Å². The number of benzene rings is 2. The number of aryl methyl sites for hydroxylation is 1. The molecule has 1 atom stereocenters. The summed E-state index contributed by atoms with van der Waals surface area (Å²) in [5, 5.41) is 19.5. The zero-order chi connectivity index (χ0) is 29.8. The maximum Gasteiger partial charge on any atom is 0.268 e. The number of hydrogen-bond donors (Lipinski definition) is 2. The molecule has 2 amide bonds. The molecule has 208 valence electrons. The molecular weight excluding hydrogens is 557 g/mol. The number of nitriles is 1. The van der Waals surface area contributed by atoms with Crippen molar-refractivity contribution in [3.8, 4) is 17.9 Å². The highest BCUT2D eigenvalue weighted by Crippen LogP contribution is 2.26. The molecule has 0 bridgehead atoms. The molecule has 0 unspecified atom stereocenters. The van der Waals surface area contributed by atoms with Crippen molar-refractivity contribution in [1.82, 2.24) is 29.8 Å². The van der Waals surface area contributed by atoms with Gasteiger partial charge in [0.05, 0.1) is 18.9 Å². The molecule has 0 aliphatic rings. The van der Waals surface area contributed by atoms with Crippen molar-refractivity contribution in [1.29, 1.82) is 5.26 Å². The van der Waals surface area contributed by atoms with E-state index in [1.807, 2.05) is 19.1 Å². The van der Waals surface area contributed by atoms with E-state index in [2.05, 4.69) is 32.6 Å². The van der Waals surface area contributed by atoms with Crippen molar-refractivity contribution < 1.29 is 14.0 Å². The Morgan fingerprint density at radius 3 is 2.69 bits per heavy atom. The van der Waals surface area contributed by atoms with E-state index in [-0.39, 0.29) is 28.6 Å². The van der Waals surface area contributed by atoms with Crippen LogP contribution < -0.4 is 10.6 Å². The molecule has 0 aliphatic carbocycles. The average Bonchev–Trinajstić information content (AvgIpc) is 3.59. The van der Waals surface area contributed by atoms with Crippen LogP contribution in [0, 0.1) is 35.9 Å². The molecule has 0 aliphatic heterocycles. The topological polar surface area (TPSA) is 117 Å². The summed E-state index contributed by atoms with van der Waals surface area (Å²) in [7, 11) is 0. The highest BCUT2D eigenvalue weighted by atomic mass is 35.5. The molecule has 3 heterocycles. The van der Waals surface area contributed by atoms with Gasteiger partial charge in [-0.05, 0) is 73.9 Å². The minimum absolute atomic E-state index is 0.114. The maximum atomic E-state index is 14.4. The van der Waals surface area contributed by atoms with Gasteiger partial charge < -0.3 is 15.2 Å². The average molecular weight is 580 g/mol. The van der Waals surface area contributed by atoms with E-state index in [1.165, 1.54) is 34.9 Å². The molecule has 2 aromatic carbocycles. The van der Waals surface area contributed by atoms with E-state index in [1.54, 1.807) is 48.1 Å². The molecule has 5 rings (SSSR count). The highest BCUT2D eigenvalue weighted by Gasteiger charge is 2.21. The fourth-order valence-corrected chi connectivity index (χ4v) is 4.72. The number of carbonyl (C=O) groups excluding carboxylic acids is 2. The number of nitrogens with one attached hydrogen (secondary N) is 2. The summed E-state index contributed by atoms with van der Waals surface area (Å²) < 4.78 is 17.3. The number of imidazole rings is 1. The van der Waals surface area contributed by atoms with Crippen molar-refractivity contribution in [2.24, 2.45) is 0 Å². The third kappa shape index (κ3) is 5.71. The number of carbonyl (C=O) groups is 2. The summed E-state index contributed by atoms with van der Waals surface area (Å²) in [6, 6.07) is 17.2. The second-order valence-electron chi connectivity index (χ2n) is 9.35. The van der Waals surface area contributed by atoms with Gasteiger partial charge in [-0.1, -0.05) is 29.7 Å². The van der Waals surface area contributed by atoms with Crippen molar-refractivity contribution in [2.75, 3.05) is 0 Å². The van der Waals surface area contributed by atoms with Gasteiger partial charge >= 0.3 is 0 Å². The monoisotopic (exact) mass is 579 g/mol. The number of halogens is 2. The van der Waals surface area contributed by atoms with Crippen LogP contribution in [0.5, 0.6) is 0 Å². The zero-order valence-corrected chi connectivity index (χ0v) is 23.3. The standard InChI is InChI=1S/C31H23ClFN7O2/c1-19-8-9-22(15-21(19)10-11-24-17-35-28-7-4-14-37-40(24)28)30(41)36-18-39-23(16-34)12-13-27(39)31(42)38-20(2)29-25(32)5-3-6-26(29)33/h3-9,12-15,17,20H,18H2,1-2H3,(H,36,41)(H,38,42)/t20-/m0/s1. The van der Waals surface area contributed by atoms with Crippen LogP contribution in [0.3, 0.4) is 0 Å². The van der Waals surface area contributed by atoms with Crippen LogP contribution in [-0.2, 0) is 6.67 Å². The van der Waals surface area contributed by atoms with E-state index >= 15 is 0 Å². The zero-order valence-electron chi connectivity index (χ0n) is 22.5. The smallest absolute Gasteiger partial charge is 0.268 e. The number of rotatable bonds is 6. The lowest BCUT2D eigenvalue weighted by molar-refractivity contribution is 0.0910. The van der Waals surface area contributed by atoms with Gasteiger partial charge in [-0.3, -0.25) is 9.59 Å². The van der Waals surface area contributed by atoms with Gasteiger partial charge in [0, 0.05) is 27.9 Å². The van der Waals surface area contributed by atoms with Crippen molar-refractivity contribution >= 4 is 29.1 Å². The van der Waals surface area contributed by atoms with E-state index < -0.39 is 23.7 Å². The molecule has 0 spiro atoms. The fraction of sp³-hybridized carbons (Fsp3) is 0.129. The Kier molecular flexibility index (Phi) is 8.00. The summed E-state index contributed by atoms with van der Waals surface area (Å²) in [4.78, 5) is 30.5. The molecule has 42 heavy (non-hydrogen) atoms. The Balaban J connectivity index is 1.32. The molecule has 2 N–H and O–H groups in total. The summed E-state index contributed by atoms with van der Waals surface area (Å²) in [5.41, 5.74) is 3.57. The molecule has 0 radical (unpaired) electrons. The lowest BCUT2D eigenvalue weighted by atomic mass is 10.0. The summed E-state index contributed by atoms with van der Waals surface area (Å²) in [6.45, 7) is 3.33. The predicted octanol–water partition coefficient (Wildman–Crippen LogP) is 4.78. The van der Waals surface area contributed by atoms with Gasteiger partial charge in [-0.2, -0.15) is 10.4 Å². The molecular formula is C31H23ClFN7O2. The molecule has 9 nitrogen and oxygen atoms in total. The number of amides is 2. The Hall–Kier alpha value is -5.45. The second kappa shape index (κ2) is 12.0. The Morgan fingerprint density at radius 1 is 1.07 bits per heavy atom. The first-order valence-electron chi connectivity index (χ1n) is 12.8. The molecule has 0 saturated carbocycles. The molecule has 0 saturated heterocycles. The minimum atomic E-state index is -0.752. The Morgan fingerprint density at radius 2 is 1.90 bits per heavy atom. The van der Waals surface area contributed by atoms with Crippen molar-refractivity contribution in [3.05, 3.63) is 123 Å². The Bertz CT molecular complexity index is 1920. The van der Waals surface area contributed by atoms with Gasteiger partial charge in [0.1, 0.15) is 29.0 Å². The second-order valence-corrected chi connectivity index (χ2v) is 9.76. The first-order chi connectivity index (χ1) is 20.3. The fourth-order valence-electron chi connectivity index (χ4n) is 4.40. The number of fused-ring (bicyclic) bond motifs is 1. The van der Waals surface area contributed by atoms with Gasteiger partial charge in [-0.25, -0.2) is 13.9 Å². The van der Waals surface area contributed by atoms with Gasteiger partial charge in [0.25, 0.3) is 11.8 Å². The lowest BCUT2D eigenvalue weighted by Crippen LogP contribution is -2.33. The highest BCUT2D eigenvalue weighted by molar-refractivity contribution is 6.31. The molecule has 3 aromatic heterocycles. The van der Waals surface area contributed by atoms with E-state index in [0.717, 1.165) is 5.56 Å². The number of aromatic nitrogens is 4. The molecule has 0 fully saturated rings. The van der Waals surface area contributed by atoms with Crippen molar-refractivity contribution in [2.45, 2.75) is 26.6 Å². The first-order valence-corrected chi connectivity index (χ1v) is 13.2. The van der Waals surface area contributed by atoms with Crippen LogP contribution >= 0.6 is 11.6 Å². The van der Waals surface area contributed by atoms with Crippen LogP contribution in [0.1, 0.15) is 61.9 Å². The summed E-state index contributed by atoms with van der Waals surface area (Å²) in [6.07, 6.45) is 3.28. The quantitative estimate of drug-likeness (QED) is 0.281. The van der Waals surface area contributed by atoms with Crippen LogP contribution in [0.2, 0.25) is 5.02 Å². The largest absolute Gasteiger partial charge is 0.344 e. The van der Waals surface area contributed by atoms with Crippen LogP contribution in [-0.4, -0.2) is 31.0 Å². The van der Waals surface area contributed by atoms with Gasteiger partial charge in [0.2, 0.25) is 0 Å². The van der Waals surface area contributed by atoms with E-state index in [0.29, 0.717) is 22.5 Å². The number of nitrogens with zero attached hydrogens (tertiary/aromatic N) is 5. The van der Waals surface area contributed by atoms with Crippen molar-refractivity contribution in [3.63, 3.8) is 0 Å². The maximum absolute atomic E-state index is 14.4. The molecule has 11 heteroatoms. The SMILES string of the molecule is Cc1ccc(C(=O)NCn2c(C#N)ccc2C(=O)N[C@@H](C)c2c(F)cccc2Cl)cc1C#Cc1cnc2cccnn12. The minimum Gasteiger partial charge on any atom is -0.344 e. The summed E-state index contributed by atoms with van der Waals surface area (Å²) in [5.74, 6) is 4.60. The van der Waals surface area contributed by atoms with E-state index in [4.69, 9.17) is 11.6 Å². The third-order valence-electron chi connectivity index (χ3n) is 6.61. The first kappa shape index (κ1) is 28.1. The molecule has 5 aromatic rings. The van der Waals surface area contributed by atoms with Gasteiger partial charge in [-0.15, -0.1) is 0 Å².